The molecule has 36 heavy (non-hydrogen) atoms. The fraction of sp³-hybridized carbons (Fsp3) is 0.423. The first kappa shape index (κ1) is 27.3. The number of carboxylic acids is 2. The first-order valence-corrected chi connectivity index (χ1v) is 12.0. The fourth-order valence-corrected chi connectivity index (χ4v) is 4.29. The maximum atomic E-state index is 12.9. The Morgan fingerprint density at radius 3 is 1.64 bits per heavy atom. The van der Waals surface area contributed by atoms with E-state index in [1.807, 2.05) is 49.1 Å². The molecule has 0 atom stereocenters. The van der Waals surface area contributed by atoms with Crippen LogP contribution in [-0.4, -0.2) is 102 Å². The van der Waals surface area contributed by atoms with Crippen LogP contribution in [0.5, 0.6) is 0 Å². The molecule has 6 N–H and O–H groups in total. The molecule has 1 aliphatic heterocycles. The quantitative estimate of drug-likeness (QED) is 0.420. The van der Waals surface area contributed by atoms with Gasteiger partial charge in [0.05, 0.1) is 19.6 Å². The van der Waals surface area contributed by atoms with E-state index in [-0.39, 0.29) is 25.5 Å². The number of amides is 1. The summed E-state index contributed by atoms with van der Waals surface area (Å²) in [7, 11) is 0. The van der Waals surface area contributed by atoms with Crippen LogP contribution >= 0.6 is 0 Å². The molecule has 10 nitrogen and oxygen atoms in total. The van der Waals surface area contributed by atoms with Crippen LogP contribution in [0.1, 0.15) is 11.1 Å². The molecule has 1 amide bonds. The van der Waals surface area contributed by atoms with E-state index in [4.69, 9.17) is 0 Å². The number of hydrogen-bond donors (Lipinski definition) is 4. The van der Waals surface area contributed by atoms with Gasteiger partial charge in [0.25, 0.3) is 0 Å². The fourth-order valence-electron chi connectivity index (χ4n) is 4.29. The largest absolute Gasteiger partial charge is 0.480 e. The number of rotatable bonds is 8. The van der Waals surface area contributed by atoms with Gasteiger partial charge in [0.2, 0.25) is 5.91 Å². The van der Waals surface area contributed by atoms with Crippen LogP contribution in [0, 0.1) is 13.8 Å². The third-order valence-electron chi connectivity index (χ3n) is 6.46. The molecule has 3 rings (SSSR count). The van der Waals surface area contributed by atoms with Gasteiger partial charge in [-0.15, -0.1) is 0 Å². The van der Waals surface area contributed by atoms with Crippen molar-refractivity contribution in [3.8, 4) is 11.1 Å². The summed E-state index contributed by atoms with van der Waals surface area (Å²) in [4.78, 5) is 40.8. The monoisotopic (exact) mass is 498 g/mol. The summed E-state index contributed by atoms with van der Waals surface area (Å²) in [5, 5.41) is 21.4. The second kappa shape index (κ2) is 12.6. The zero-order valence-electron chi connectivity index (χ0n) is 21.0. The van der Waals surface area contributed by atoms with E-state index >= 15 is 0 Å². The van der Waals surface area contributed by atoms with Crippen molar-refractivity contribution in [2.75, 3.05) is 64.2 Å². The maximum Gasteiger partial charge on any atom is 0.317 e. The van der Waals surface area contributed by atoms with Crippen molar-refractivity contribution in [1.82, 2.24) is 14.7 Å². The van der Waals surface area contributed by atoms with Crippen molar-refractivity contribution in [3.05, 3.63) is 47.5 Å². The van der Waals surface area contributed by atoms with Crippen LogP contribution in [0.2, 0.25) is 0 Å². The van der Waals surface area contributed by atoms with Gasteiger partial charge in [0.1, 0.15) is 5.69 Å². The summed E-state index contributed by atoms with van der Waals surface area (Å²) in [5.41, 5.74) is 9.96. The summed E-state index contributed by atoms with van der Waals surface area (Å²) in [6, 6.07) is 12.1. The topological polar surface area (TPSA) is 141 Å². The van der Waals surface area contributed by atoms with Gasteiger partial charge < -0.3 is 21.3 Å². The maximum absolute atomic E-state index is 12.9. The Balaban J connectivity index is 1.65. The predicted octanol–water partition coefficient (Wildman–Crippen LogP) is 0.871. The van der Waals surface area contributed by atoms with Crippen LogP contribution in [0.4, 0.5) is 11.4 Å². The molecular weight excluding hydrogens is 462 g/mol. The van der Waals surface area contributed by atoms with Gasteiger partial charge in [-0.1, -0.05) is 6.07 Å². The van der Waals surface area contributed by atoms with Crippen molar-refractivity contribution in [2.24, 2.45) is 0 Å². The zero-order chi connectivity index (χ0) is 26.2. The molecule has 0 radical (unpaired) electrons. The molecule has 0 unspecified atom stereocenters. The normalized spacial score (nSPS) is 16.1. The summed E-state index contributed by atoms with van der Waals surface area (Å²) in [6.07, 6.45) is 0. The third kappa shape index (κ3) is 8.13. The van der Waals surface area contributed by atoms with E-state index in [2.05, 4.69) is 17.1 Å². The highest BCUT2D eigenvalue weighted by Gasteiger charge is 2.21. The van der Waals surface area contributed by atoms with E-state index in [0.717, 1.165) is 33.6 Å². The average Bonchev–Trinajstić information content (AvgIpc) is 2.88. The van der Waals surface area contributed by atoms with Crippen molar-refractivity contribution in [2.45, 2.75) is 13.8 Å². The number of anilines is 1. The summed E-state index contributed by atoms with van der Waals surface area (Å²) in [6.45, 7) is 6.80. The van der Waals surface area contributed by atoms with Crippen molar-refractivity contribution in [3.63, 3.8) is 0 Å². The van der Waals surface area contributed by atoms with Gasteiger partial charge >= 0.3 is 11.9 Å². The highest BCUT2D eigenvalue weighted by Crippen LogP contribution is 2.27. The number of carbonyl (C=O) groups is 3. The molecule has 0 aromatic heterocycles. The Bertz CT molecular complexity index is 1080. The number of benzene rings is 2. The molecule has 10 heteroatoms. The number of nitrogens with one attached hydrogen (secondary N) is 1. The Hall–Kier alpha value is -3.31. The van der Waals surface area contributed by atoms with Crippen molar-refractivity contribution in [1.29, 1.82) is 0 Å². The molecule has 2 aromatic rings. The van der Waals surface area contributed by atoms with Gasteiger partial charge in [0, 0.05) is 50.5 Å². The minimum Gasteiger partial charge on any atom is -0.480 e. The lowest BCUT2D eigenvalue weighted by molar-refractivity contribution is -0.255. The first-order chi connectivity index (χ1) is 17.1. The molecule has 1 heterocycles. The van der Waals surface area contributed by atoms with Gasteiger partial charge in [-0.2, -0.15) is 0 Å². The minimum atomic E-state index is -0.931. The zero-order valence-corrected chi connectivity index (χ0v) is 21.0. The molecule has 194 valence electrons. The van der Waals surface area contributed by atoms with Crippen LogP contribution in [0.15, 0.2) is 36.4 Å². The predicted molar refractivity (Wildman–Crippen MR) is 137 cm³/mol. The number of nitrogens with zero attached hydrogens (tertiary/aromatic N) is 3. The summed E-state index contributed by atoms with van der Waals surface area (Å²) < 4.78 is 0. The number of quaternary nitrogens is 1. The molecule has 1 aliphatic rings. The van der Waals surface area contributed by atoms with Crippen LogP contribution in [0.25, 0.3) is 11.1 Å². The Morgan fingerprint density at radius 2 is 1.19 bits per heavy atom. The molecule has 2 aromatic carbocycles. The van der Waals surface area contributed by atoms with Crippen LogP contribution in [0.3, 0.4) is 0 Å². The average molecular weight is 499 g/mol. The number of carbonyl (C=O) groups excluding carboxylic acids is 1. The SMILES string of the molecule is Cc1cc(-c2ccc(NC(=O)CN3CCN(CC(=O)O)CCN(CC(=O)O)CC3)c(C)c2)ccc1[NH3+]. The third-order valence-corrected chi connectivity index (χ3v) is 6.46. The lowest BCUT2D eigenvalue weighted by Gasteiger charge is -2.24. The lowest BCUT2D eigenvalue weighted by Crippen LogP contribution is -2.41. The first-order valence-electron chi connectivity index (χ1n) is 12.0. The number of aliphatic carboxylic acids is 2. The summed E-state index contributed by atoms with van der Waals surface area (Å²) >= 11 is 0. The molecule has 0 bridgehead atoms. The Kier molecular flexibility index (Phi) is 9.54. The van der Waals surface area contributed by atoms with E-state index in [9.17, 15) is 24.6 Å². The molecular formula is C26H36N5O5+. The number of carboxylic acid groups (broad SMARTS) is 2. The van der Waals surface area contributed by atoms with Gasteiger partial charge in [-0.3, -0.25) is 29.1 Å². The molecule has 0 saturated carbocycles. The van der Waals surface area contributed by atoms with E-state index in [1.165, 1.54) is 0 Å². The molecule has 1 fully saturated rings. The van der Waals surface area contributed by atoms with E-state index < -0.39 is 11.9 Å². The standard InChI is InChI=1S/C26H35N5O5/c1-18-13-20(3-5-22(18)27)21-4-6-23(19(2)14-21)28-24(32)15-29-7-9-30(16-25(33)34)11-12-31(10-8-29)17-26(35)36/h3-6,13-14H,7-12,15-17,27H2,1-2H3,(H,28,32)(H,33,34)(H,35,36)/p+1. The Labute approximate surface area is 211 Å². The Morgan fingerprint density at radius 1 is 0.750 bits per heavy atom. The summed E-state index contributed by atoms with van der Waals surface area (Å²) in [5.74, 6) is -2.03. The van der Waals surface area contributed by atoms with Gasteiger partial charge in [-0.05, 0) is 60.9 Å². The van der Waals surface area contributed by atoms with E-state index in [1.54, 1.807) is 9.80 Å². The van der Waals surface area contributed by atoms with Crippen LogP contribution < -0.4 is 11.1 Å². The lowest BCUT2D eigenvalue weighted by atomic mass is 10.00. The highest BCUT2D eigenvalue weighted by molar-refractivity contribution is 5.93. The van der Waals surface area contributed by atoms with Gasteiger partial charge in [-0.25, -0.2) is 0 Å². The highest BCUT2D eigenvalue weighted by atomic mass is 16.4. The van der Waals surface area contributed by atoms with Crippen molar-refractivity contribution < 1.29 is 30.3 Å². The second-order valence-corrected chi connectivity index (χ2v) is 9.34. The van der Waals surface area contributed by atoms with Crippen molar-refractivity contribution >= 4 is 29.2 Å². The smallest absolute Gasteiger partial charge is 0.317 e. The molecule has 0 aliphatic carbocycles. The number of hydrogen-bond acceptors (Lipinski definition) is 6. The molecule has 0 spiro atoms. The van der Waals surface area contributed by atoms with E-state index in [0.29, 0.717) is 39.3 Å². The minimum absolute atomic E-state index is 0.122. The number of aryl methyl sites for hydroxylation is 2. The second-order valence-electron chi connectivity index (χ2n) is 9.34. The molecule has 1 saturated heterocycles. The van der Waals surface area contributed by atoms with Crippen LogP contribution in [-0.2, 0) is 14.4 Å². The van der Waals surface area contributed by atoms with Gasteiger partial charge in [0.15, 0.2) is 0 Å².